The number of nitrogens with two attached hydrogens (primary N) is 1. The van der Waals surface area contributed by atoms with Gasteiger partial charge in [0.25, 0.3) is 0 Å². The minimum Gasteiger partial charge on any atom is -0.491 e. The third-order valence-corrected chi connectivity index (χ3v) is 3.27. The minimum absolute atomic E-state index is 0.0655. The van der Waals surface area contributed by atoms with E-state index >= 15 is 0 Å². The fraction of sp³-hybridized carbons (Fsp3) is 0.333. The van der Waals surface area contributed by atoms with Crippen molar-refractivity contribution in [2.24, 2.45) is 5.73 Å². The molecule has 3 heteroatoms. The first-order chi connectivity index (χ1) is 5.68. The van der Waals surface area contributed by atoms with Gasteiger partial charge in [-0.25, -0.2) is 0 Å². The summed E-state index contributed by atoms with van der Waals surface area (Å²) in [5.74, 6) is 0.956. The highest BCUT2D eigenvalue weighted by atomic mass is 127. The molecule has 0 aliphatic carbocycles. The maximum absolute atomic E-state index is 5.84. The van der Waals surface area contributed by atoms with Gasteiger partial charge >= 0.3 is 0 Å². The van der Waals surface area contributed by atoms with Crippen molar-refractivity contribution in [3.8, 4) is 5.75 Å². The van der Waals surface area contributed by atoms with Gasteiger partial charge in [-0.15, -0.1) is 0 Å². The van der Waals surface area contributed by atoms with E-state index in [9.17, 15) is 0 Å². The molecule has 0 amide bonds. The Morgan fingerprint density at radius 2 is 2.33 bits per heavy atom. The van der Waals surface area contributed by atoms with Gasteiger partial charge in [-0.05, 0) is 47.2 Å². The van der Waals surface area contributed by atoms with Crippen molar-refractivity contribution < 1.29 is 4.74 Å². The molecule has 0 bridgehead atoms. The average Bonchev–Trinajstić information content (AvgIpc) is 2.35. The molecule has 12 heavy (non-hydrogen) atoms. The van der Waals surface area contributed by atoms with E-state index in [0.29, 0.717) is 6.61 Å². The van der Waals surface area contributed by atoms with Gasteiger partial charge in [0, 0.05) is 9.13 Å². The molecule has 0 saturated carbocycles. The lowest BCUT2D eigenvalue weighted by Crippen LogP contribution is -2.10. The summed E-state index contributed by atoms with van der Waals surface area (Å²) >= 11 is 2.30. The van der Waals surface area contributed by atoms with E-state index < -0.39 is 0 Å². The maximum atomic E-state index is 5.84. The number of hydrogen-bond donors (Lipinski definition) is 1. The predicted molar refractivity (Wildman–Crippen MR) is 56.3 cm³/mol. The van der Waals surface area contributed by atoms with Gasteiger partial charge in [0.1, 0.15) is 12.4 Å². The highest BCUT2D eigenvalue weighted by molar-refractivity contribution is 14.1. The lowest BCUT2D eigenvalue weighted by molar-refractivity contribution is 0.333. The van der Waals surface area contributed by atoms with Crippen molar-refractivity contribution in [2.75, 3.05) is 6.61 Å². The molecule has 2 N–H and O–H groups in total. The molecule has 1 aromatic carbocycles. The normalized spacial score (nSPS) is 20.4. The first-order valence-corrected chi connectivity index (χ1v) is 4.95. The van der Waals surface area contributed by atoms with Gasteiger partial charge in [-0.2, -0.15) is 0 Å². The minimum atomic E-state index is 0.0655. The number of fused-ring (bicyclic) bond motifs is 1. The summed E-state index contributed by atoms with van der Waals surface area (Å²) in [4.78, 5) is 0. The van der Waals surface area contributed by atoms with Gasteiger partial charge < -0.3 is 10.5 Å². The summed E-state index contributed by atoms with van der Waals surface area (Å²) in [6, 6.07) is 4.24. The first-order valence-electron chi connectivity index (χ1n) is 3.87. The Morgan fingerprint density at radius 1 is 1.58 bits per heavy atom. The molecule has 0 aromatic heterocycles. The highest BCUT2D eigenvalue weighted by Crippen LogP contribution is 2.33. The topological polar surface area (TPSA) is 35.2 Å². The number of halogens is 1. The van der Waals surface area contributed by atoms with Gasteiger partial charge in [0.05, 0.1) is 6.04 Å². The molecule has 2 nitrogen and oxygen atoms in total. The SMILES string of the molecule is Cc1cc2c(cc1I)OC[C@H]2N. The molecule has 1 aromatic rings. The van der Waals surface area contributed by atoms with E-state index in [0.717, 1.165) is 11.3 Å². The van der Waals surface area contributed by atoms with E-state index in [2.05, 4.69) is 41.6 Å². The van der Waals surface area contributed by atoms with Crippen molar-refractivity contribution in [2.45, 2.75) is 13.0 Å². The van der Waals surface area contributed by atoms with Crippen LogP contribution < -0.4 is 10.5 Å². The van der Waals surface area contributed by atoms with E-state index in [1.807, 2.05) is 0 Å². The molecular weight excluding hydrogens is 265 g/mol. The monoisotopic (exact) mass is 275 g/mol. The van der Waals surface area contributed by atoms with Crippen molar-refractivity contribution in [1.82, 2.24) is 0 Å². The van der Waals surface area contributed by atoms with Crippen molar-refractivity contribution >= 4 is 22.6 Å². The Kier molecular flexibility index (Phi) is 2.00. The number of ether oxygens (including phenoxy) is 1. The number of hydrogen-bond acceptors (Lipinski definition) is 2. The zero-order valence-electron chi connectivity index (χ0n) is 6.80. The molecular formula is C9H10INO. The summed E-state index contributed by atoms with van der Waals surface area (Å²) < 4.78 is 6.65. The maximum Gasteiger partial charge on any atom is 0.125 e. The molecule has 0 saturated heterocycles. The Labute approximate surface area is 85.2 Å². The van der Waals surface area contributed by atoms with Crippen molar-refractivity contribution in [1.29, 1.82) is 0 Å². The van der Waals surface area contributed by atoms with Crippen LogP contribution in [0.5, 0.6) is 5.75 Å². The largest absolute Gasteiger partial charge is 0.491 e. The Balaban J connectivity index is 2.56. The van der Waals surface area contributed by atoms with Crippen LogP contribution in [0.15, 0.2) is 12.1 Å². The van der Waals surface area contributed by atoms with Crippen LogP contribution in [0, 0.1) is 10.5 Å². The van der Waals surface area contributed by atoms with E-state index in [4.69, 9.17) is 10.5 Å². The quantitative estimate of drug-likeness (QED) is 0.735. The molecule has 0 unspecified atom stereocenters. The van der Waals surface area contributed by atoms with Crippen LogP contribution in [0.1, 0.15) is 17.2 Å². The molecule has 2 rings (SSSR count). The summed E-state index contributed by atoms with van der Waals surface area (Å²) in [5.41, 5.74) is 8.26. The zero-order chi connectivity index (χ0) is 8.72. The smallest absolute Gasteiger partial charge is 0.125 e. The van der Waals surface area contributed by atoms with E-state index in [-0.39, 0.29) is 6.04 Å². The molecule has 0 spiro atoms. The van der Waals surface area contributed by atoms with Gasteiger partial charge in [-0.1, -0.05) is 0 Å². The second-order valence-corrected chi connectivity index (χ2v) is 4.22. The number of benzene rings is 1. The van der Waals surface area contributed by atoms with Crippen LogP contribution in [-0.2, 0) is 0 Å². The fourth-order valence-corrected chi connectivity index (χ4v) is 1.81. The summed E-state index contributed by atoms with van der Waals surface area (Å²) in [6.45, 7) is 2.71. The summed E-state index contributed by atoms with van der Waals surface area (Å²) in [5, 5.41) is 0. The van der Waals surface area contributed by atoms with Gasteiger partial charge in [-0.3, -0.25) is 0 Å². The van der Waals surface area contributed by atoms with Crippen LogP contribution in [0.2, 0.25) is 0 Å². The molecule has 1 atom stereocenters. The predicted octanol–water partition coefficient (Wildman–Crippen LogP) is 1.99. The van der Waals surface area contributed by atoms with Crippen LogP contribution in [-0.4, -0.2) is 6.61 Å². The van der Waals surface area contributed by atoms with Crippen LogP contribution in [0.4, 0.5) is 0 Å². The standard InChI is InChI=1S/C9H10INO/c1-5-2-6-8(11)4-12-9(6)3-7(5)10/h2-3,8H,4,11H2,1H3/t8-/m1/s1. The zero-order valence-corrected chi connectivity index (χ0v) is 8.96. The first kappa shape index (κ1) is 8.31. The van der Waals surface area contributed by atoms with E-state index in [1.165, 1.54) is 9.13 Å². The van der Waals surface area contributed by atoms with E-state index in [1.54, 1.807) is 0 Å². The van der Waals surface area contributed by atoms with Crippen molar-refractivity contribution in [3.05, 3.63) is 26.8 Å². The third kappa shape index (κ3) is 1.21. The highest BCUT2D eigenvalue weighted by Gasteiger charge is 2.21. The average molecular weight is 275 g/mol. The van der Waals surface area contributed by atoms with Crippen LogP contribution in [0.25, 0.3) is 0 Å². The molecule has 0 radical (unpaired) electrons. The van der Waals surface area contributed by atoms with Crippen LogP contribution >= 0.6 is 22.6 Å². The fourth-order valence-electron chi connectivity index (χ4n) is 1.37. The van der Waals surface area contributed by atoms with Gasteiger partial charge in [0.15, 0.2) is 0 Å². The summed E-state index contributed by atoms with van der Waals surface area (Å²) in [7, 11) is 0. The second-order valence-electron chi connectivity index (χ2n) is 3.06. The Bertz CT molecular complexity index is 325. The molecule has 0 fully saturated rings. The molecule has 1 heterocycles. The number of rotatable bonds is 0. The van der Waals surface area contributed by atoms with Crippen molar-refractivity contribution in [3.63, 3.8) is 0 Å². The second kappa shape index (κ2) is 2.88. The number of aryl methyl sites for hydroxylation is 1. The third-order valence-electron chi connectivity index (χ3n) is 2.11. The Morgan fingerprint density at radius 3 is 3.08 bits per heavy atom. The van der Waals surface area contributed by atoms with Crippen LogP contribution in [0.3, 0.4) is 0 Å². The summed E-state index contributed by atoms with van der Waals surface area (Å²) in [6.07, 6.45) is 0. The molecule has 64 valence electrons. The lowest BCUT2D eigenvalue weighted by atomic mass is 10.1. The molecule has 1 aliphatic heterocycles. The lowest BCUT2D eigenvalue weighted by Gasteiger charge is -2.03. The Hall–Kier alpha value is -0.290. The van der Waals surface area contributed by atoms with Gasteiger partial charge in [0.2, 0.25) is 0 Å². The molecule has 1 aliphatic rings.